The molecule has 0 unspecified atom stereocenters. The molecule has 0 radical (unpaired) electrons. The van der Waals surface area contributed by atoms with E-state index in [1.165, 1.54) is 7.11 Å². The molecule has 1 heterocycles. The molecule has 0 aliphatic carbocycles. The molecule has 0 aliphatic rings. The van der Waals surface area contributed by atoms with Crippen LogP contribution in [0.5, 0.6) is 5.75 Å². The summed E-state index contributed by atoms with van der Waals surface area (Å²) in [5.74, 6) is 0.746. The Kier molecular flexibility index (Phi) is 2.64. The maximum atomic E-state index is 11.1. The van der Waals surface area contributed by atoms with Gasteiger partial charge in [0.15, 0.2) is 0 Å². The second-order valence-electron chi connectivity index (χ2n) is 3.29. The largest absolute Gasteiger partial charge is 0.497 e. The molecule has 0 atom stereocenters. The van der Waals surface area contributed by atoms with Crippen molar-refractivity contribution in [3.8, 4) is 17.1 Å². The van der Waals surface area contributed by atoms with Crippen LogP contribution in [0.3, 0.4) is 0 Å². The molecule has 0 fully saturated rings. The Balaban J connectivity index is 2.53. The second-order valence-corrected chi connectivity index (χ2v) is 3.29. The minimum Gasteiger partial charge on any atom is -0.497 e. The fourth-order valence-corrected chi connectivity index (χ4v) is 1.44. The van der Waals surface area contributed by atoms with Crippen LogP contribution in [0, 0.1) is 0 Å². The molecule has 0 bridgehead atoms. The Labute approximate surface area is 92.6 Å². The van der Waals surface area contributed by atoms with Crippen LogP contribution in [-0.4, -0.2) is 13.0 Å². The van der Waals surface area contributed by atoms with Gasteiger partial charge in [-0.15, -0.1) is 0 Å². The van der Waals surface area contributed by atoms with Crippen molar-refractivity contribution in [3.05, 3.63) is 42.2 Å². The molecular weight excluding hydrogens is 206 g/mol. The Morgan fingerprint density at radius 2 is 2.19 bits per heavy atom. The van der Waals surface area contributed by atoms with Gasteiger partial charge in [-0.3, -0.25) is 4.79 Å². The van der Waals surface area contributed by atoms with Crippen LogP contribution in [0.4, 0.5) is 0 Å². The monoisotopic (exact) mass is 217 g/mol. The topological polar surface area (TPSA) is 65.5 Å². The third kappa shape index (κ3) is 1.91. The minimum atomic E-state index is -0.494. The highest BCUT2D eigenvalue weighted by Crippen LogP contribution is 2.26. The first kappa shape index (κ1) is 10.3. The standard InChI is InChI=1S/C12H11NO3/c1-15-10-6-8(11-3-2-4-16-11)5-9(7-10)12(13)14/h2-7H,1H3,(H2,13,14). The summed E-state index contributed by atoms with van der Waals surface area (Å²) >= 11 is 0. The molecule has 0 spiro atoms. The van der Waals surface area contributed by atoms with E-state index < -0.39 is 5.91 Å². The number of carbonyl (C=O) groups excluding carboxylic acids is 1. The molecule has 1 amide bonds. The number of carbonyl (C=O) groups is 1. The lowest BCUT2D eigenvalue weighted by Crippen LogP contribution is -2.11. The number of ether oxygens (including phenoxy) is 1. The Morgan fingerprint density at radius 3 is 2.75 bits per heavy atom. The van der Waals surface area contributed by atoms with Crippen molar-refractivity contribution >= 4 is 5.91 Å². The van der Waals surface area contributed by atoms with Crippen LogP contribution >= 0.6 is 0 Å². The molecule has 2 N–H and O–H groups in total. The van der Waals surface area contributed by atoms with E-state index in [0.717, 1.165) is 5.56 Å². The molecule has 2 rings (SSSR count). The van der Waals surface area contributed by atoms with Gasteiger partial charge in [0.2, 0.25) is 5.91 Å². The van der Waals surface area contributed by atoms with Crippen molar-refractivity contribution < 1.29 is 13.9 Å². The maximum absolute atomic E-state index is 11.1. The molecule has 0 saturated heterocycles. The van der Waals surface area contributed by atoms with Crippen LogP contribution in [-0.2, 0) is 0 Å². The summed E-state index contributed by atoms with van der Waals surface area (Å²) in [4.78, 5) is 11.1. The van der Waals surface area contributed by atoms with Crippen molar-refractivity contribution in [2.45, 2.75) is 0 Å². The lowest BCUT2D eigenvalue weighted by molar-refractivity contribution is 0.1000. The van der Waals surface area contributed by atoms with Crippen molar-refractivity contribution in [1.82, 2.24) is 0 Å². The van der Waals surface area contributed by atoms with Crippen LogP contribution in [0.25, 0.3) is 11.3 Å². The number of hydrogen-bond acceptors (Lipinski definition) is 3. The van der Waals surface area contributed by atoms with E-state index in [9.17, 15) is 4.79 Å². The summed E-state index contributed by atoms with van der Waals surface area (Å²) in [5.41, 5.74) is 6.39. The predicted molar refractivity (Wildman–Crippen MR) is 59.2 cm³/mol. The van der Waals surface area contributed by atoms with Gasteiger partial charge in [0.1, 0.15) is 11.5 Å². The molecule has 2 aromatic rings. The number of rotatable bonds is 3. The van der Waals surface area contributed by atoms with Gasteiger partial charge >= 0.3 is 0 Å². The Bertz CT molecular complexity index is 503. The number of nitrogens with two attached hydrogens (primary N) is 1. The van der Waals surface area contributed by atoms with Crippen LogP contribution in [0.1, 0.15) is 10.4 Å². The molecule has 4 heteroatoms. The predicted octanol–water partition coefficient (Wildman–Crippen LogP) is 2.05. The van der Waals surface area contributed by atoms with Crippen molar-refractivity contribution in [1.29, 1.82) is 0 Å². The summed E-state index contributed by atoms with van der Waals surface area (Å²) in [7, 11) is 1.53. The number of amides is 1. The van der Waals surface area contributed by atoms with Gasteiger partial charge in [0, 0.05) is 11.1 Å². The first-order valence-corrected chi connectivity index (χ1v) is 4.73. The van der Waals surface area contributed by atoms with E-state index in [1.807, 2.05) is 0 Å². The van der Waals surface area contributed by atoms with Gasteiger partial charge < -0.3 is 14.9 Å². The zero-order valence-electron chi connectivity index (χ0n) is 8.77. The number of methoxy groups -OCH3 is 1. The lowest BCUT2D eigenvalue weighted by Gasteiger charge is -2.05. The molecule has 1 aromatic carbocycles. The Hall–Kier alpha value is -2.23. The van der Waals surface area contributed by atoms with Gasteiger partial charge in [-0.25, -0.2) is 0 Å². The van der Waals surface area contributed by atoms with Gasteiger partial charge in [-0.1, -0.05) is 0 Å². The van der Waals surface area contributed by atoms with Crippen LogP contribution in [0.15, 0.2) is 41.0 Å². The van der Waals surface area contributed by atoms with Crippen LogP contribution < -0.4 is 10.5 Å². The number of hydrogen-bond donors (Lipinski definition) is 1. The summed E-state index contributed by atoms with van der Waals surface area (Å²) in [5, 5.41) is 0. The fourth-order valence-electron chi connectivity index (χ4n) is 1.44. The van der Waals surface area contributed by atoms with E-state index in [1.54, 1.807) is 36.6 Å². The number of benzene rings is 1. The van der Waals surface area contributed by atoms with Crippen molar-refractivity contribution in [2.75, 3.05) is 7.11 Å². The average molecular weight is 217 g/mol. The highest BCUT2D eigenvalue weighted by Gasteiger charge is 2.08. The minimum absolute atomic E-state index is 0.394. The van der Waals surface area contributed by atoms with Crippen molar-refractivity contribution in [2.24, 2.45) is 5.73 Å². The fraction of sp³-hybridized carbons (Fsp3) is 0.0833. The van der Waals surface area contributed by atoms with Crippen LogP contribution in [0.2, 0.25) is 0 Å². The SMILES string of the molecule is COc1cc(C(N)=O)cc(-c2ccco2)c1. The quantitative estimate of drug-likeness (QED) is 0.855. The van der Waals surface area contributed by atoms with E-state index >= 15 is 0 Å². The smallest absolute Gasteiger partial charge is 0.248 e. The third-order valence-electron chi connectivity index (χ3n) is 2.23. The maximum Gasteiger partial charge on any atom is 0.248 e. The van der Waals surface area contributed by atoms with Gasteiger partial charge in [0.25, 0.3) is 0 Å². The van der Waals surface area contributed by atoms with Crippen molar-refractivity contribution in [3.63, 3.8) is 0 Å². The molecule has 4 nitrogen and oxygen atoms in total. The zero-order chi connectivity index (χ0) is 11.5. The van der Waals surface area contributed by atoms with E-state index in [-0.39, 0.29) is 0 Å². The summed E-state index contributed by atoms with van der Waals surface area (Å²) in [6.45, 7) is 0. The molecule has 82 valence electrons. The molecule has 0 aliphatic heterocycles. The highest BCUT2D eigenvalue weighted by molar-refractivity contribution is 5.94. The zero-order valence-corrected chi connectivity index (χ0v) is 8.77. The molecule has 16 heavy (non-hydrogen) atoms. The van der Waals surface area contributed by atoms with Gasteiger partial charge in [-0.2, -0.15) is 0 Å². The molecule has 0 saturated carbocycles. The lowest BCUT2D eigenvalue weighted by atomic mass is 10.1. The number of primary amides is 1. The summed E-state index contributed by atoms with van der Waals surface area (Å²) < 4.78 is 10.3. The summed E-state index contributed by atoms with van der Waals surface area (Å²) in [6.07, 6.45) is 1.57. The summed E-state index contributed by atoms with van der Waals surface area (Å²) in [6, 6.07) is 8.63. The first-order chi connectivity index (χ1) is 7.70. The van der Waals surface area contributed by atoms with E-state index in [0.29, 0.717) is 17.1 Å². The van der Waals surface area contributed by atoms with Gasteiger partial charge in [-0.05, 0) is 30.3 Å². The molecule has 1 aromatic heterocycles. The first-order valence-electron chi connectivity index (χ1n) is 4.73. The van der Waals surface area contributed by atoms with E-state index in [4.69, 9.17) is 14.9 Å². The van der Waals surface area contributed by atoms with E-state index in [2.05, 4.69) is 0 Å². The molecular formula is C12H11NO3. The normalized spacial score (nSPS) is 10.1. The van der Waals surface area contributed by atoms with Gasteiger partial charge in [0.05, 0.1) is 13.4 Å². The Morgan fingerprint density at radius 1 is 1.38 bits per heavy atom. The second kappa shape index (κ2) is 4.10. The highest BCUT2D eigenvalue weighted by atomic mass is 16.5. The number of furan rings is 1. The average Bonchev–Trinajstić information content (AvgIpc) is 2.81. The third-order valence-corrected chi connectivity index (χ3v) is 2.23.